The highest BCUT2D eigenvalue weighted by atomic mass is 19.1. The van der Waals surface area contributed by atoms with Gasteiger partial charge in [0.05, 0.1) is 12.1 Å². The van der Waals surface area contributed by atoms with Gasteiger partial charge in [-0.15, -0.1) is 0 Å². The van der Waals surface area contributed by atoms with Crippen molar-refractivity contribution in [2.24, 2.45) is 0 Å². The van der Waals surface area contributed by atoms with Gasteiger partial charge in [0.15, 0.2) is 0 Å². The van der Waals surface area contributed by atoms with Crippen LogP contribution in [0.4, 0.5) is 4.39 Å². The molecule has 4 rings (SSSR count). The molecule has 2 aromatic heterocycles. The zero-order valence-corrected chi connectivity index (χ0v) is 13.7. The zero-order valence-electron chi connectivity index (χ0n) is 13.7. The summed E-state index contributed by atoms with van der Waals surface area (Å²) in [6, 6.07) is 6.99. The number of H-pyrrole nitrogens is 2. The first-order valence-corrected chi connectivity index (χ1v) is 7.91. The summed E-state index contributed by atoms with van der Waals surface area (Å²) in [6.07, 6.45) is 0. The molecule has 0 unspecified atom stereocenters. The van der Waals surface area contributed by atoms with Crippen LogP contribution in [0.15, 0.2) is 24.3 Å². The Bertz CT molecular complexity index is 1120. The SMILES string of the molecule is CCOC(=O)c1[nH]c2cc3[nH]c4c(F)cccc4c3c(C)c2c1C. The van der Waals surface area contributed by atoms with E-state index in [0.717, 1.165) is 38.3 Å². The van der Waals surface area contributed by atoms with E-state index in [9.17, 15) is 9.18 Å². The van der Waals surface area contributed by atoms with Crippen molar-refractivity contribution in [1.29, 1.82) is 0 Å². The molecule has 0 radical (unpaired) electrons. The summed E-state index contributed by atoms with van der Waals surface area (Å²) >= 11 is 0. The van der Waals surface area contributed by atoms with E-state index in [0.29, 0.717) is 17.8 Å². The number of rotatable bonds is 2. The van der Waals surface area contributed by atoms with Crippen LogP contribution in [0.3, 0.4) is 0 Å². The van der Waals surface area contributed by atoms with Crippen molar-refractivity contribution in [2.45, 2.75) is 20.8 Å². The Kier molecular flexibility index (Phi) is 3.13. The molecule has 0 bridgehead atoms. The first kappa shape index (κ1) is 14.8. The van der Waals surface area contributed by atoms with E-state index in [4.69, 9.17) is 4.74 Å². The highest BCUT2D eigenvalue weighted by Crippen LogP contribution is 2.36. The van der Waals surface area contributed by atoms with E-state index in [1.54, 1.807) is 13.0 Å². The minimum Gasteiger partial charge on any atom is -0.461 e. The van der Waals surface area contributed by atoms with Gasteiger partial charge < -0.3 is 14.7 Å². The van der Waals surface area contributed by atoms with Crippen molar-refractivity contribution >= 4 is 38.7 Å². The fourth-order valence-electron chi connectivity index (χ4n) is 3.60. The van der Waals surface area contributed by atoms with Gasteiger partial charge in [-0.2, -0.15) is 0 Å². The van der Waals surface area contributed by atoms with Crippen LogP contribution in [-0.4, -0.2) is 22.5 Å². The molecule has 0 spiro atoms. The van der Waals surface area contributed by atoms with Crippen LogP contribution in [0.5, 0.6) is 0 Å². The standard InChI is InChI=1S/C19H17FN2O2/c1-4-24-19(23)17-10(3)15-9(2)16-11-6-5-7-12(20)18(11)22-14(16)8-13(15)21-17/h5-8,21-22H,4H2,1-3H3. The molecule has 0 amide bonds. The maximum Gasteiger partial charge on any atom is 0.355 e. The smallest absolute Gasteiger partial charge is 0.355 e. The second-order valence-corrected chi connectivity index (χ2v) is 5.98. The van der Waals surface area contributed by atoms with Crippen molar-refractivity contribution in [1.82, 2.24) is 9.97 Å². The van der Waals surface area contributed by atoms with Crippen molar-refractivity contribution < 1.29 is 13.9 Å². The van der Waals surface area contributed by atoms with Crippen molar-refractivity contribution in [3.05, 3.63) is 46.9 Å². The van der Waals surface area contributed by atoms with E-state index < -0.39 is 0 Å². The van der Waals surface area contributed by atoms with Gasteiger partial charge in [-0.05, 0) is 44.0 Å². The Morgan fingerprint density at radius 3 is 2.62 bits per heavy atom. The summed E-state index contributed by atoms with van der Waals surface area (Å²) in [4.78, 5) is 18.4. The molecule has 0 saturated carbocycles. The highest BCUT2D eigenvalue weighted by molar-refractivity contribution is 6.15. The van der Waals surface area contributed by atoms with Crippen LogP contribution in [-0.2, 0) is 4.74 Å². The number of hydrogen-bond acceptors (Lipinski definition) is 2. The van der Waals surface area contributed by atoms with Gasteiger partial charge in [-0.25, -0.2) is 9.18 Å². The number of carbonyl (C=O) groups is 1. The molecule has 0 saturated heterocycles. The topological polar surface area (TPSA) is 57.9 Å². The first-order chi connectivity index (χ1) is 11.5. The van der Waals surface area contributed by atoms with Gasteiger partial charge >= 0.3 is 5.97 Å². The molecule has 5 heteroatoms. The van der Waals surface area contributed by atoms with E-state index in [-0.39, 0.29) is 11.8 Å². The second-order valence-electron chi connectivity index (χ2n) is 5.98. The molecule has 4 nitrogen and oxygen atoms in total. The Morgan fingerprint density at radius 2 is 1.88 bits per heavy atom. The molecule has 0 atom stereocenters. The Hall–Kier alpha value is -2.82. The maximum atomic E-state index is 14.1. The number of aryl methyl sites for hydroxylation is 2. The van der Waals surface area contributed by atoms with Gasteiger partial charge in [0.2, 0.25) is 0 Å². The van der Waals surface area contributed by atoms with Gasteiger partial charge in [-0.3, -0.25) is 0 Å². The predicted molar refractivity (Wildman–Crippen MR) is 93.0 cm³/mol. The number of nitrogens with one attached hydrogen (secondary N) is 2. The van der Waals surface area contributed by atoms with Gasteiger partial charge in [0, 0.05) is 27.2 Å². The van der Waals surface area contributed by atoms with E-state index in [1.807, 2.05) is 26.0 Å². The molecule has 2 aromatic carbocycles. The Labute approximate surface area is 137 Å². The van der Waals surface area contributed by atoms with Gasteiger partial charge in [-0.1, -0.05) is 12.1 Å². The number of esters is 1. The summed E-state index contributed by atoms with van der Waals surface area (Å²) in [6.45, 7) is 6.01. The molecule has 0 aliphatic heterocycles. The second kappa shape index (κ2) is 5.09. The third-order valence-electron chi connectivity index (χ3n) is 4.61. The Morgan fingerprint density at radius 1 is 1.12 bits per heavy atom. The molecule has 4 aromatic rings. The molecule has 0 aliphatic carbocycles. The number of carbonyl (C=O) groups excluding carboxylic acids is 1. The fraction of sp³-hybridized carbons (Fsp3) is 0.211. The highest BCUT2D eigenvalue weighted by Gasteiger charge is 2.20. The molecular weight excluding hydrogens is 307 g/mol. The van der Waals surface area contributed by atoms with Gasteiger partial charge in [0.25, 0.3) is 0 Å². The van der Waals surface area contributed by atoms with E-state index in [1.165, 1.54) is 6.07 Å². The van der Waals surface area contributed by atoms with Crippen LogP contribution in [0.25, 0.3) is 32.7 Å². The third-order valence-corrected chi connectivity index (χ3v) is 4.61. The van der Waals surface area contributed by atoms with Crippen molar-refractivity contribution in [2.75, 3.05) is 6.61 Å². The van der Waals surface area contributed by atoms with Crippen LogP contribution in [0, 0.1) is 19.7 Å². The lowest BCUT2D eigenvalue weighted by molar-refractivity contribution is 0.0520. The summed E-state index contributed by atoms with van der Waals surface area (Å²) in [5.41, 5.74) is 4.53. The number of hydrogen-bond donors (Lipinski definition) is 2. The zero-order chi connectivity index (χ0) is 17.0. The normalized spacial score (nSPS) is 11.7. The molecule has 2 N–H and O–H groups in total. The number of benzene rings is 2. The van der Waals surface area contributed by atoms with E-state index in [2.05, 4.69) is 9.97 Å². The monoisotopic (exact) mass is 324 g/mol. The average Bonchev–Trinajstić information content (AvgIpc) is 3.07. The number of aromatic nitrogens is 2. The predicted octanol–water partition coefficient (Wildman–Crippen LogP) is 4.74. The van der Waals surface area contributed by atoms with Crippen LogP contribution in [0.2, 0.25) is 0 Å². The van der Waals surface area contributed by atoms with Crippen molar-refractivity contribution in [3.8, 4) is 0 Å². The minimum atomic E-state index is -0.356. The molecule has 2 heterocycles. The summed E-state index contributed by atoms with van der Waals surface area (Å²) in [5.74, 6) is -0.624. The van der Waals surface area contributed by atoms with Crippen molar-refractivity contribution in [3.63, 3.8) is 0 Å². The molecule has 122 valence electrons. The largest absolute Gasteiger partial charge is 0.461 e. The van der Waals surface area contributed by atoms with Crippen LogP contribution in [0.1, 0.15) is 28.5 Å². The summed E-state index contributed by atoms with van der Waals surface area (Å²) < 4.78 is 19.2. The number of ether oxygens (including phenoxy) is 1. The fourth-order valence-corrected chi connectivity index (χ4v) is 3.60. The molecule has 0 fully saturated rings. The molecule has 24 heavy (non-hydrogen) atoms. The third kappa shape index (κ3) is 1.87. The van der Waals surface area contributed by atoms with Gasteiger partial charge in [0.1, 0.15) is 11.5 Å². The number of halogens is 1. The lowest BCUT2D eigenvalue weighted by Crippen LogP contribution is -2.06. The van der Waals surface area contributed by atoms with E-state index >= 15 is 0 Å². The summed E-state index contributed by atoms with van der Waals surface area (Å²) in [7, 11) is 0. The average molecular weight is 324 g/mol. The molecule has 0 aliphatic rings. The number of para-hydroxylation sites is 1. The number of aromatic amines is 2. The van der Waals surface area contributed by atoms with Crippen LogP contribution >= 0.6 is 0 Å². The minimum absolute atomic E-state index is 0.268. The Balaban J connectivity index is 2.10. The maximum absolute atomic E-state index is 14.1. The summed E-state index contributed by atoms with van der Waals surface area (Å²) in [5, 5.41) is 2.81. The first-order valence-electron chi connectivity index (χ1n) is 7.91. The lowest BCUT2D eigenvalue weighted by atomic mass is 10.0. The lowest BCUT2D eigenvalue weighted by Gasteiger charge is -2.02. The quantitative estimate of drug-likeness (QED) is 0.523. The number of fused-ring (bicyclic) bond motifs is 4. The van der Waals surface area contributed by atoms with Crippen LogP contribution < -0.4 is 0 Å². The molecular formula is C19H17FN2O2.